The van der Waals surface area contributed by atoms with Crippen molar-refractivity contribution in [1.29, 1.82) is 0 Å². The van der Waals surface area contributed by atoms with E-state index in [1.54, 1.807) is 44.4 Å². The highest BCUT2D eigenvalue weighted by Crippen LogP contribution is 2.16. The van der Waals surface area contributed by atoms with Gasteiger partial charge in [0.2, 0.25) is 0 Å². The zero-order valence-corrected chi connectivity index (χ0v) is 15.1. The van der Waals surface area contributed by atoms with E-state index in [0.717, 1.165) is 11.1 Å². The van der Waals surface area contributed by atoms with Gasteiger partial charge in [-0.05, 0) is 43.2 Å². The molecule has 25 heavy (non-hydrogen) atoms. The molecular weight excluding hydrogens is 314 g/mol. The normalized spacial score (nSPS) is 10.7. The van der Waals surface area contributed by atoms with Crippen molar-refractivity contribution in [3.63, 3.8) is 0 Å². The molecule has 4 nitrogen and oxygen atoms in total. The highest BCUT2D eigenvalue weighted by atomic mass is 16.5. The molecular formula is C21H23NO3. The number of hydrogen-bond acceptors (Lipinski definition) is 3. The van der Waals surface area contributed by atoms with E-state index < -0.39 is 0 Å². The van der Waals surface area contributed by atoms with Crippen molar-refractivity contribution in [3.05, 3.63) is 70.8 Å². The molecule has 0 bridgehead atoms. The average molecular weight is 337 g/mol. The molecule has 1 amide bonds. The van der Waals surface area contributed by atoms with Crippen molar-refractivity contribution in [2.45, 2.75) is 13.8 Å². The van der Waals surface area contributed by atoms with E-state index in [0.29, 0.717) is 11.3 Å². The molecule has 0 aliphatic rings. The van der Waals surface area contributed by atoms with Crippen LogP contribution < -0.4 is 4.74 Å². The lowest BCUT2D eigenvalue weighted by Crippen LogP contribution is -2.27. The van der Waals surface area contributed by atoms with Crippen LogP contribution in [0.5, 0.6) is 5.75 Å². The topological polar surface area (TPSA) is 46.6 Å². The summed E-state index contributed by atoms with van der Waals surface area (Å²) in [5, 5.41) is 0. The predicted octanol–water partition coefficient (Wildman–Crippen LogP) is 3.67. The van der Waals surface area contributed by atoms with Crippen LogP contribution in [0.4, 0.5) is 0 Å². The molecule has 2 aromatic carbocycles. The zero-order valence-electron chi connectivity index (χ0n) is 15.1. The molecule has 0 atom stereocenters. The number of ketones is 1. The van der Waals surface area contributed by atoms with Crippen molar-refractivity contribution in [3.8, 4) is 5.75 Å². The Morgan fingerprint density at radius 2 is 1.84 bits per heavy atom. The molecule has 0 aromatic heterocycles. The van der Waals surface area contributed by atoms with E-state index in [-0.39, 0.29) is 18.3 Å². The van der Waals surface area contributed by atoms with E-state index in [1.165, 1.54) is 10.5 Å². The van der Waals surface area contributed by atoms with Crippen LogP contribution in [0, 0.1) is 13.8 Å². The number of benzene rings is 2. The summed E-state index contributed by atoms with van der Waals surface area (Å²) >= 11 is 0. The third-order valence-corrected chi connectivity index (χ3v) is 3.82. The van der Waals surface area contributed by atoms with Crippen LogP contribution in [-0.2, 0) is 4.79 Å². The van der Waals surface area contributed by atoms with Crippen LogP contribution in [0.25, 0.3) is 6.08 Å². The molecule has 0 heterocycles. The van der Waals surface area contributed by atoms with Gasteiger partial charge < -0.3 is 9.64 Å². The molecule has 0 aliphatic carbocycles. The summed E-state index contributed by atoms with van der Waals surface area (Å²) in [6.45, 7) is 4.01. The summed E-state index contributed by atoms with van der Waals surface area (Å²) < 4.78 is 5.45. The molecule has 4 heteroatoms. The number of carbonyl (C=O) groups is 2. The largest absolute Gasteiger partial charge is 0.484 e. The number of rotatable bonds is 6. The monoisotopic (exact) mass is 337 g/mol. The van der Waals surface area contributed by atoms with Crippen molar-refractivity contribution in [2.24, 2.45) is 0 Å². The summed E-state index contributed by atoms with van der Waals surface area (Å²) in [4.78, 5) is 25.4. The van der Waals surface area contributed by atoms with Crippen LogP contribution in [0.2, 0.25) is 0 Å². The van der Waals surface area contributed by atoms with Gasteiger partial charge in [-0.3, -0.25) is 9.59 Å². The second kappa shape index (κ2) is 8.29. The minimum absolute atomic E-state index is 0.0525. The Morgan fingerprint density at radius 3 is 2.52 bits per heavy atom. The summed E-state index contributed by atoms with van der Waals surface area (Å²) in [6, 6.07) is 13.0. The zero-order chi connectivity index (χ0) is 18.4. The second-order valence-electron chi connectivity index (χ2n) is 6.16. The number of carbonyl (C=O) groups excluding carboxylic acids is 2. The van der Waals surface area contributed by atoms with Crippen LogP contribution in [0.15, 0.2) is 48.5 Å². The molecule has 0 saturated heterocycles. The average Bonchev–Trinajstić information content (AvgIpc) is 2.58. The van der Waals surface area contributed by atoms with Gasteiger partial charge in [0.15, 0.2) is 12.4 Å². The van der Waals surface area contributed by atoms with Gasteiger partial charge in [0.05, 0.1) is 0 Å². The number of ether oxygens (including phenoxy) is 1. The van der Waals surface area contributed by atoms with Gasteiger partial charge in [0.1, 0.15) is 5.75 Å². The summed E-state index contributed by atoms with van der Waals surface area (Å²) in [7, 11) is 3.34. The lowest BCUT2D eigenvalue weighted by molar-refractivity contribution is -0.130. The highest BCUT2D eigenvalue weighted by Gasteiger charge is 2.07. The van der Waals surface area contributed by atoms with Crippen molar-refractivity contribution in [1.82, 2.24) is 4.90 Å². The van der Waals surface area contributed by atoms with Crippen molar-refractivity contribution in [2.75, 3.05) is 20.7 Å². The van der Waals surface area contributed by atoms with Gasteiger partial charge in [-0.1, -0.05) is 42.0 Å². The maximum Gasteiger partial charge on any atom is 0.259 e. The first kappa shape index (κ1) is 18.5. The van der Waals surface area contributed by atoms with E-state index in [4.69, 9.17) is 4.74 Å². The number of aryl methyl sites for hydroxylation is 2. The maximum absolute atomic E-state index is 12.4. The van der Waals surface area contributed by atoms with Gasteiger partial charge in [0.25, 0.3) is 5.91 Å². The number of nitrogens with zero attached hydrogens (tertiary/aromatic N) is 1. The van der Waals surface area contributed by atoms with E-state index in [9.17, 15) is 9.59 Å². The quantitative estimate of drug-likeness (QED) is 0.597. The summed E-state index contributed by atoms with van der Waals surface area (Å²) in [6.07, 6.45) is 3.38. The van der Waals surface area contributed by atoms with E-state index in [2.05, 4.69) is 6.07 Å². The fraction of sp³-hybridized carbons (Fsp3) is 0.238. The minimum atomic E-state index is -0.133. The first-order chi connectivity index (χ1) is 11.9. The third-order valence-electron chi connectivity index (χ3n) is 3.82. The fourth-order valence-corrected chi connectivity index (χ4v) is 2.29. The Morgan fingerprint density at radius 1 is 1.08 bits per heavy atom. The Labute approximate surface area is 148 Å². The summed E-state index contributed by atoms with van der Waals surface area (Å²) in [5.41, 5.74) is 3.86. The fourth-order valence-electron chi connectivity index (χ4n) is 2.29. The molecule has 0 aliphatic heterocycles. The number of hydrogen-bond donors (Lipinski definition) is 0. The summed E-state index contributed by atoms with van der Waals surface area (Å²) in [5.74, 6) is 0.261. The molecule has 0 spiro atoms. The molecule has 0 fully saturated rings. The Hall–Kier alpha value is -2.88. The molecule has 130 valence electrons. The number of amides is 1. The highest BCUT2D eigenvalue weighted by molar-refractivity contribution is 6.07. The third kappa shape index (κ3) is 5.31. The predicted molar refractivity (Wildman–Crippen MR) is 99.9 cm³/mol. The Kier molecular flexibility index (Phi) is 6.12. The van der Waals surface area contributed by atoms with Gasteiger partial charge in [0, 0.05) is 19.7 Å². The number of likely N-dealkylation sites (N-methyl/N-ethyl adjacent to an activating group) is 1. The molecule has 2 rings (SSSR count). The van der Waals surface area contributed by atoms with Gasteiger partial charge in [-0.2, -0.15) is 0 Å². The van der Waals surface area contributed by atoms with Crippen molar-refractivity contribution < 1.29 is 14.3 Å². The van der Waals surface area contributed by atoms with Crippen LogP contribution in [-0.4, -0.2) is 37.3 Å². The van der Waals surface area contributed by atoms with E-state index >= 15 is 0 Å². The second-order valence-corrected chi connectivity index (χ2v) is 6.16. The standard InChI is InChI=1S/C21H23NO3/c1-15-8-9-17(16(2)12-15)10-11-20(23)18-6-5-7-19(13-18)25-14-21(24)22(3)4/h5-13H,14H2,1-4H3. The van der Waals surface area contributed by atoms with E-state index in [1.807, 2.05) is 32.1 Å². The molecule has 2 aromatic rings. The minimum Gasteiger partial charge on any atom is -0.484 e. The molecule has 0 saturated carbocycles. The smallest absolute Gasteiger partial charge is 0.259 e. The molecule has 0 unspecified atom stereocenters. The Bertz CT molecular complexity index is 807. The molecule has 0 radical (unpaired) electrons. The van der Waals surface area contributed by atoms with Crippen molar-refractivity contribution >= 4 is 17.8 Å². The Balaban J connectivity index is 2.07. The lowest BCUT2D eigenvalue weighted by atomic mass is 10.0. The molecule has 0 N–H and O–H groups in total. The first-order valence-electron chi connectivity index (χ1n) is 8.09. The number of allylic oxidation sites excluding steroid dienone is 1. The van der Waals surface area contributed by atoms with Gasteiger partial charge >= 0.3 is 0 Å². The lowest BCUT2D eigenvalue weighted by Gasteiger charge is -2.11. The first-order valence-corrected chi connectivity index (χ1v) is 8.09. The van der Waals surface area contributed by atoms with Gasteiger partial charge in [-0.15, -0.1) is 0 Å². The SMILES string of the molecule is Cc1ccc(C=CC(=O)c2cccc(OCC(=O)N(C)C)c2)c(C)c1. The van der Waals surface area contributed by atoms with Crippen LogP contribution >= 0.6 is 0 Å². The van der Waals surface area contributed by atoms with Crippen LogP contribution in [0.1, 0.15) is 27.0 Å². The maximum atomic E-state index is 12.4. The van der Waals surface area contributed by atoms with Crippen LogP contribution in [0.3, 0.4) is 0 Å². The van der Waals surface area contributed by atoms with Gasteiger partial charge in [-0.25, -0.2) is 0 Å².